The van der Waals surface area contributed by atoms with E-state index in [-0.39, 0.29) is 17.7 Å². The molecule has 0 aliphatic rings. The van der Waals surface area contributed by atoms with E-state index < -0.39 is 23.6 Å². The Balaban J connectivity index is 2.23. The van der Waals surface area contributed by atoms with Gasteiger partial charge in [0.05, 0.1) is 18.2 Å². The number of aryl methyl sites for hydroxylation is 1. The van der Waals surface area contributed by atoms with Crippen LogP contribution in [0.15, 0.2) is 42.5 Å². The van der Waals surface area contributed by atoms with Gasteiger partial charge in [-0.25, -0.2) is 8.78 Å². The number of rotatable bonds is 4. The van der Waals surface area contributed by atoms with Gasteiger partial charge in [0, 0.05) is 6.07 Å². The summed E-state index contributed by atoms with van der Waals surface area (Å²) in [5.74, 6) is -2.33. The van der Waals surface area contributed by atoms with Gasteiger partial charge in [0.15, 0.2) is 0 Å². The Labute approximate surface area is 121 Å². The molecule has 21 heavy (non-hydrogen) atoms. The van der Waals surface area contributed by atoms with Gasteiger partial charge >= 0.3 is 0 Å². The number of aliphatic hydroxyl groups excluding tert-OH is 1. The van der Waals surface area contributed by atoms with Crippen LogP contribution in [0.2, 0.25) is 0 Å². The zero-order chi connectivity index (χ0) is 15.4. The van der Waals surface area contributed by atoms with Crippen molar-refractivity contribution < 1.29 is 18.7 Å². The summed E-state index contributed by atoms with van der Waals surface area (Å²) in [5.41, 5.74) is 0.637. The molecule has 0 aliphatic heterocycles. The van der Waals surface area contributed by atoms with Crippen LogP contribution in [-0.2, 0) is 0 Å². The molecule has 0 radical (unpaired) electrons. The first-order valence-electron chi connectivity index (χ1n) is 6.45. The highest BCUT2D eigenvalue weighted by atomic mass is 19.1. The molecule has 1 amide bonds. The number of nitrogens with one attached hydrogen (secondary N) is 1. The lowest BCUT2D eigenvalue weighted by molar-refractivity contribution is 0.0912. The van der Waals surface area contributed by atoms with Crippen LogP contribution in [0.3, 0.4) is 0 Å². The summed E-state index contributed by atoms with van der Waals surface area (Å²) in [7, 11) is 0. The third kappa shape index (κ3) is 3.44. The number of carbonyl (C=O) groups is 1. The van der Waals surface area contributed by atoms with Crippen molar-refractivity contribution in [1.82, 2.24) is 5.32 Å². The minimum atomic E-state index is -0.930. The molecular weight excluding hydrogens is 276 g/mol. The fourth-order valence-corrected chi connectivity index (χ4v) is 1.99. The number of hydrogen-bond acceptors (Lipinski definition) is 2. The molecule has 2 aromatic carbocycles. The summed E-state index contributed by atoms with van der Waals surface area (Å²) < 4.78 is 26.9. The van der Waals surface area contributed by atoms with Crippen molar-refractivity contribution in [3.8, 4) is 0 Å². The molecule has 2 rings (SSSR count). The molecule has 2 N–H and O–H groups in total. The number of aliphatic hydroxyl groups is 1. The highest BCUT2D eigenvalue weighted by Crippen LogP contribution is 2.17. The minimum Gasteiger partial charge on any atom is -0.394 e. The molecule has 2 aromatic rings. The van der Waals surface area contributed by atoms with Crippen molar-refractivity contribution in [2.75, 3.05) is 6.61 Å². The van der Waals surface area contributed by atoms with E-state index in [2.05, 4.69) is 5.32 Å². The van der Waals surface area contributed by atoms with Crippen LogP contribution in [0.25, 0.3) is 0 Å². The molecule has 3 nitrogen and oxygen atoms in total. The molecule has 0 aromatic heterocycles. The second-order valence-electron chi connectivity index (χ2n) is 4.70. The molecule has 0 unspecified atom stereocenters. The minimum absolute atomic E-state index is 0.182. The van der Waals surface area contributed by atoms with Gasteiger partial charge in [-0.3, -0.25) is 4.79 Å². The maximum absolute atomic E-state index is 13.7. The Morgan fingerprint density at radius 1 is 1.19 bits per heavy atom. The Morgan fingerprint density at radius 3 is 2.48 bits per heavy atom. The highest BCUT2D eigenvalue weighted by Gasteiger charge is 2.18. The van der Waals surface area contributed by atoms with Crippen LogP contribution < -0.4 is 5.32 Å². The highest BCUT2D eigenvalue weighted by molar-refractivity contribution is 5.95. The van der Waals surface area contributed by atoms with Crippen LogP contribution in [-0.4, -0.2) is 17.6 Å². The molecule has 0 fully saturated rings. The van der Waals surface area contributed by atoms with Crippen LogP contribution >= 0.6 is 0 Å². The van der Waals surface area contributed by atoms with Crippen molar-refractivity contribution in [3.05, 3.63) is 70.8 Å². The van der Waals surface area contributed by atoms with Crippen LogP contribution in [0, 0.1) is 18.6 Å². The SMILES string of the molecule is Cc1cc(C(=O)N[C@@H](CO)c2ccccc2)c(F)cc1F. The van der Waals surface area contributed by atoms with Gasteiger partial charge in [0.2, 0.25) is 0 Å². The molecule has 0 bridgehead atoms. The molecule has 5 heteroatoms. The van der Waals surface area contributed by atoms with Crippen molar-refractivity contribution in [3.63, 3.8) is 0 Å². The summed E-state index contributed by atoms with van der Waals surface area (Å²) in [6.45, 7) is 1.13. The monoisotopic (exact) mass is 291 g/mol. The molecule has 0 heterocycles. The Morgan fingerprint density at radius 2 is 1.86 bits per heavy atom. The van der Waals surface area contributed by atoms with E-state index in [1.165, 1.54) is 6.92 Å². The Bertz CT molecular complexity index is 644. The van der Waals surface area contributed by atoms with Crippen molar-refractivity contribution >= 4 is 5.91 Å². The average molecular weight is 291 g/mol. The molecule has 0 spiro atoms. The summed E-state index contributed by atoms with van der Waals surface area (Å²) in [5, 5.41) is 11.9. The molecular formula is C16H15F2NO2. The molecule has 0 saturated heterocycles. The zero-order valence-corrected chi connectivity index (χ0v) is 11.4. The van der Waals surface area contributed by atoms with Gasteiger partial charge < -0.3 is 10.4 Å². The topological polar surface area (TPSA) is 49.3 Å². The summed E-state index contributed by atoms with van der Waals surface area (Å²) >= 11 is 0. The van der Waals surface area contributed by atoms with Crippen LogP contribution in [0.4, 0.5) is 8.78 Å². The third-order valence-corrected chi connectivity index (χ3v) is 3.18. The number of amides is 1. The fourth-order valence-electron chi connectivity index (χ4n) is 1.99. The standard InChI is InChI=1S/C16H15F2NO2/c1-10-7-12(14(18)8-13(10)17)16(21)19-15(9-20)11-5-3-2-4-6-11/h2-8,15,20H,9H2,1H3,(H,19,21)/t15-/m0/s1. The maximum Gasteiger partial charge on any atom is 0.254 e. The van der Waals surface area contributed by atoms with E-state index in [0.29, 0.717) is 11.6 Å². The normalized spacial score (nSPS) is 12.0. The van der Waals surface area contributed by atoms with Gasteiger partial charge in [-0.1, -0.05) is 30.3 Å². The van der Waals surface area contributed by atoms with E-state index in [0.717, 1.165) is 6.07 Å². The molecule has 0 saturated carbocycles. The number of benzene rings is 2. The van der Waals surface area contributed by atoms with Crippen molar-refractivity contribution in [2.24, 2.45) is 0 Å². The smallest absolute Gasteiger partial charge is 0.254 e. The lowest BCUT2D eigenvalue weighted by Gasteiger charge is -2.17. The predicted octanol–water partition coefficient (Wildman–Crippen LogP) is 2.74. The lowest BCUT2D eigenvalue weighted by atomic mass is 10.1. The molecule has 110 valence electrons. The van der Waals surface area contributed by atoms with E-state index >= 15 is 0 Å². The van der Waals surface area contributed by atoms with Crippen LogP contribution in [0.5, 0.6) is 0 Å². The van der Waals surface area contributed by atoms with Crippen LogP contribution in [0.1, 0.15) is 27.5 Å². The maximum atomic E-state index is 13.7. The first kappa shape index (κ1) is 15.1. The quantitative estimate of drug-likeness (QED) is 0.910. The van der Waals surface area contributed by atoms with Crippen molar-refractivity contribution in [1.29, 1.82) is 0 Å². The van der Waals surface area contributed by atoms with Crippen molar-refractivity contribution in [2.45, 2.75) is 13.0 Å². The van der Waals surface area contributed by atoms with Gasteiger partial charge in [-0.2, -0.15) is 0 Å². The van der Waals surface area contributed by atoms with E-state index in [1.54, 1.807) is 24.3 Å². The van der Waals surface area contributed by atoms with Gasteiger partial charge in [0.25, 0.3) is 5.91 Å². The Kier molecular flexibility index (Phi) is 4.65. The fraction of sp³-hybridized carbons (Fsp3) is 0.188. The predicted molar refractivity (Wildman–Crippen MR) is 74.8 cm³/mol. The summed E-state index contributed by atoms with van der Waals surface area (Å²) in [6.07, 6.45) is 0. The first-order chi connectivity index (χ1) is 10.0. The average Bonchev–Trinajstić information content (AvgIpc) is 2.49. The zero-order valence-electron chi connectivity index (χ0n) is 11.4. The Hall–Kier alpha value is -2.27. The number of carbonyl (C=O) groups excluding carboxylic acids is 1. The number of halogens is 2. The summed E-state index contributed by atoms with van der Waals surface area (Å²) in [4.78, 5) is 12.1. The molecule has 1 atom stereocenters. The van der Waals surface area contributed by atoms with Gasteiger partial charge in [0.1, 0.15) is 11.6 Å². The second-order valence-corrected chi connectivity index (χ2v) is 4.70. The van der Waals surface area contributed by atoms with Gasteiger partial charge in [-0.05, 0) is 24.1 Å². The molecule has 0 aliphatic carbocycles. The second kappa shape index (κ2) is 6.45. The summed E-state index contributed by atoms with van der Waals surface area (Å²) in [6, 6.07) is 10.0. The van der Waals surface area contributed by atoms with Gasteiger partial charge in [-0.15, -0.1) is 0 Å². The van der Waals surface area contributed by atoms with E-state index in [9.17, 15) is 18.7 Å². The first-order valence-corrected chi connectivity index (χ1v) is 6.45. The number of hydrogen-bond donors (Lipinski definition) is 2. The lowest BCUT2D eigenvalue weighted by Crippen LogP contribution is -2.31. The van der Waals surface area contributed by atoms with E-state index in [4.69, 9.17) is 0 Å². The largest absolute Gasteiger partial charge is 0.394 e. The van der Waals surface area contributed by atoms with E-state index in [1.807, 2.05) is 6.07 Å². The third-order valence-electron chi connectivity index (χ3n) is 3.18.